The van der Waals surface area contributed by atoms with Gasteiger partial charge in [0.15, 0.2) is 0 Å². The van der Waals surface area contributed by atoms with Gasteiger partial charge >= 0.3 is 0 Å². The van der Waals surface area contributed by atoms with Gasteiger partial charge in [-0.15, -0.1) is 0 Å². The summed E-state index contributed by atoms with van der Waals surface area (Å²) in [6.45, 7) is 15.9. The highest BCUT2D eigenvalue weighted by Gasteiger charge is 2.57. The van der Waals surface area contributed by atoms with Crippen LogP contribution >= 0.6 is 0 Å². The summed E-state index contributed by atoms with van der Waals surface area (Å²) >= 11 is 0. The third-order valence-electron chi connectivity index (χ3n) is 10.2. The van der Waals surface area contributed by atoms with Gasteiger partial charge in [-0.1, -0.05) is 46.8 Å². The van der Waals surface area contributed by atoms with E-state index in [0.717, 1.165) is 57.8 Å². The molecule has 178 valence electrons. The van der Waals surface area contributed by atoms with Crippen molar-refractivity contribution in [2.75, 3.05) is 6.61 Å². The Labute approximate surface area is 191 Å². The second-order valence-corrected chi connectivity index (χ2v) is 12.2. The normalized spacial score (nSPS) is 41.9. The molecule has 0 aromatic rings. The van der Waals surface area contributed by atoms with Gasteiger partial charge in [0.1, 0.15) is 5.78 Å². The zero-order chi connectivity index (χ0) is 23.0. The third kappa shape index (κ3) is 4.69. The Morgan fingerprint density at radius 3 is 2.48 bits per heavy atom. The summed E-state index contributed by atoms with van der Waals surface area (Å²) in [5, 5.41) is 20.2. The average molecular weight is 433 g/mol. The number of aliphatic hydroxyl groups is 2. The standard InChI is InChI=1S/C28H48O3/c1-18(2)19(3)7-8-20(4)24-11-12-25(28(24,6)15-16-29)23-10-9-21-17-22(30)13-14-27(21,5)26(23)31/h18,20-25,29-30H,3,7-17H2,1-2,4-6H3/t20-,21?,22-,23?,24-,25?,27+,28-/m1/s1. The number of carbonyl (C=O) groups is 1. The monoisotopic (exact) mass is 432 g/mol. The fourth-order valence-electron chi connectivity index (χ4n) is 7.86. The van der Waals surface area contributed by atoms with Crippen molar-refractivity contribution in [3.63, 3.8) is 0 Å². The summed E-state index contributed by atoms with van der Waals surface area (Å²) in [5.41, 5.74) is 1.12. The molecule has 0 spiro atoms. The summed E-state index contributed by atoms with van der Waals surface area (Å²) in [7, 11) is 0. The van der Waals surface area contributed by atoms with E-state index in [2.05, 4.69) is 41.2 Å². The minimum absolute atomic E-state index is 0.0328. The van der Waals surface area contributed by atoms with Crippen molar-refractivity contribution >= 4 is 5.78 Å². The van der Waals surface area contributed by atoms with Crippen LogP contribution in [0.2, 0.25) is 0 Å². The molecule has 3 aliphatic rings. The van der Waals surface area contributed by atoms with E-state index in [1.165, 1.54) is 12.0 Å². The predicted octanol–water partition coefficient (Wildman–Crippen LogP) is 6.18. The van der Waals surface area contributed by atoms with E-state index in [1.807, 2.05) is 0 Å². The summed E-state index contributed by atoms with van der Waals surface area (Å²) < 4.78 is 0. The molecule has 3 rings (SSSR count). The van der Waals surface area contributed by atoms with E-state index in [-0.39, 0.29) is 29.5 Å². The fourth-order valence-corrected chi connectivity index (χ4v) is 7.86. The van der Waals surface area contributed by atoms with Crippen molar-refractivity contribution < 1.29 is 15.0 Å². The van der Waals surface area contributed by atoms with Crippen LogP contribution in [0, 0.1) is 46.3 Å². The Kier molecular flexibility index (Phi) is 7.79. The highest BCUT2D eigenvalue weighted by Crippen LogP contribution is 2.60. The van der Waals surface area contributed by atoms with Crippen molar-refractivity contribution in [1.29, 1.82) is 0 Å². The number of aliphatic hydroxyl groups excluding tert-OH is 2. The zero-order valence-corrected chi connectivity index (χ0v) is 20.8. The first-order chi connectivity index (χ1) is 14.5. The number of ketones is 1. The maximum absolute atomic E-state index is 13.9. The zero-order valence-electron chi connectivity index (χ0n) is 20.8. The van der Waals surface area contributed by atoms with Crippen molar-refractivity contribution in [3.8, 4) is 0 Å². The number of allylic oxidation sites excluding steroid dienone is 1. The van der Waals surface area contributed by atoms with E-state index in [4.69, 9.17) is 0 Å². The molecule has 3 nitrogen and oxygen atoms in total. The van der Waals surface area contributed by atoms with Crippen LogP contribution in [0.4, 0.5) is 0 Å². The molecule has 0 amide bonds. The molecule has 3 fully saturated rings. The molecule has 0 aromatic carbocycles. The van der Waals surface area contributed by atoms with E-state index in [9.17, 15) is 15.0 Å². The fraction of sp³-hybridized carbons (Fsp3) is 0.893. The Morgan fingerprint density at radius 2 is 1.84 bits per heavy atom. The van der Waals surface area contributed by atoms with E-state index >= 15 is 0 Å². The van der Waals surface area contributed by atoms with Crippen LogP contribution in [0.3, 0.4) is 0 Å². The van der Waals surface area contributed by atoms with Crippen LogP contribution in [-0.4, -0.2) is 28.7 Å². The summed E-state index contributed by atoms with van der Waals surface area (Å²) in [4.78, 5) is 13.9. The highest BCUT2D eigenvalue weighted by molar-refractivity contribution is 5.88. The molecule has 0 aromatic heterocycles. The topological polar surface area (TPSA) is 57.5 Å². The summed E-state index contributed by atoms with van der Waals surface area (Å²) in [6.07, 6.45) is 9.58. The lowest BCUT2D eigenvalue weighted by Crippen LogP contribution is -2.52. The van der Waals surface area contributed by atoms with Gasteiger partial charge in [-0.2, -0.15) is 0 Å². The van der Waals surface area contributed by atoms with Crippen LogP contribution < -0.4 is 0 Å². The molecule has 0 bridgehead atoms. The molecule has 2 N–H and O–H groups in total. The van der Waals surface area contributed by atoms with Gasteiger partial charge in [0, 0.05) is 17.9 Å². The smallest absolute Gasteiger partial charge is 0.142 e. The second-order valence-electron chi connectivity index (χ2n) is 12.2. The Balaban J connectivity index is 1.76. The molecule has 0 saturated heterocycles. The van der Waals surface area contributed by atoms with Crippen LogP contribution in [0.1, 0.15) is 98.8 Å². The minimum Gasteiger partial charge on any atom is -0.396 e. The summed E-state index contributed by atoms with van der Waals surface area (Å²) in [5.74, 6) is 3.04. The molecule has 3 unspecified atom stereocenters. The van der Waals surface area contributed by atoms with Gasteiger partial charge in [0.05, 0.1) is 6.10 Å². The molecular formula is C28H48O3. The number of carbonyl (C=O) groups excluding carboxylic acids is 1. The first-order valence-electron chi connectivity index (χ1n) is 13.1. The largest absolute Gasteiger partial charge is 0.396 e. The minimum atomic E-state index is -0.249. The molecular weight excluding hydrogens is 384 g/mol. The van der Waals surface area contributed by atoms with E-state index in [1.54, 1.807) is 0 Å². The number of rotatable bonds is 8. The molecule has 31 heavy (non-hydrogen) atoms. The van der Waals surface area contributed by atoms with Gasteiger partial charge in [-0.3, -0.25) is 4.79 Å². The first-order valence-corrected chi connectivity index (χ1v) is 13.1. The van der Waals surface area contributed by atoms with Crippen molar-refractivity contribution in [2.45, 2.75) is 105 Å². The van der Waals surface area contributed by atoms with Crippen LogP contribution in [-0.2, 0) is 4.79 Å². The number of Topliss-reactive ketones (excluding diaryl/α,β-unsaturated/α-hetero) is 1. The molecule has 3 heteroatoms. The van der Waals surface area contributed by atoms with E-state index < -0.39 is 0 Å². The van der Waals surface area contributed by atoms with Gasteiger partial charge in [0.25, 0.3) is 0 Å². The molecule has 8 atom stereocenters. The quantitative estimate of drug-likeness (QED) is 0.451. The predicted molar refractivity (Wildman–Crippen MR) is 128 cm³/mol. The number of hydrogen-bond acceptors (Lipinski definition) is 3. The van der Waals surface area contributed by atoms with Crippen molar-refractivity contribution in [3.05, 3.63) is 12.2 Å². The van der Waals surface area contributed by atoms with Crippen LogP contribution in [0.15, 0.2) is 12.2 Å². The number of hydrogen-bond donors (Lipinski definition) is 2. The van der Waals surface area contributed by atoms with E-state index in [0.29, 0.717) is 35.4 Å². The van der Waals surface area contributed by atoms with Crippen molar-refractivity contribution in [1.82, 2.24) is 0 Å². The molecule has 0 radical (unpaired) electrons. The summed E-state index contributed by atoms with van der Waals surface area (Å²) in [6, 6.07) is 0. The lowest BCUT2D eigenvalue weighted by molar-refractivity contribution is -0.149. The maximum Gasteiger partial charge on any atom is 0.142 e. The highest BCUT2D eigenvalue weighted by atomic mass is 16.3. The molecule has 3 aliphatic carbocycles. The molecule has 0 heterocycles. The van der Waals surface area contributed by atoms with Gasteiger partial charge in [-0.25, -0.2) is 0 Å². The third-order valence-corrected chi connectivity index (χ3v) is 10.2. The Morgan fingerprint density at radius 1 is 1.13 bits per heavy atom. The van der Waals surface area contributed by atoms with Crippen LogP contribution in [0.5, 0.6) is 0 Å². The Hall–Kier alpha value is -0.670. The van der Waals surface area contributed by atoms with Gasteiger partial charge in [-0.05, 0) is 99.2 Å². The Bertz CT molecular complexity index is 655. The number of fused-ring (bicyclic) bond motifs is 1. The van der Waals surface area contributed by atoms with Gasteiger partial charge in [0.2, 0.25) is 0 Å². The maximum atomic E-state index is 13.9. The SMILES string of the molecule is C=C(CC[C@@H](C)[C@H]1CCC(C2CCC3C[C@H](O)CC[C@]3(C)C2=O)[C@]1(C)CCO)C(C)C. The average Bonchev–Trinajstić information content (AvgIpc) is 3.04. The lowest BCUT2D eigenvalue weighted by Gasteiger charge is -2.51. The lowest BCUT2D eigenvalue weighted by atomic mass is 9.52. The van der Waals surface area contributed by atoms with Crippen LogP contribution in [0.25, 0.3) is 0 Å². The van der Waals surface area contributed by atoms with Crippen molar-refractivity contribution in [2.24, 2.45) is 46.3 Å². The molecule has 0 aliphatic heterocycles. The second kappa shape index (κ2) is 9.67. The first kappa shape index (κ1) is 25.0. The van der Waals surface area contributed by atoms with Gasteiger partial charge < -0.3 is 10.2 Å². The molecule has 3 saturated carbocycles.